The van der Waals surface area contributed by atoms with E-state index in [0.717, 1.165) is 10.9 Å². The smallest absolute Gasteiger partial charge is 0.387 e. The number of fused-ring (bicyclic) bond motifs is 1. The maximum Gasteiger partial charge on any atom is 0.471 e. The average Bonchev–Trinajstić information content (AvgIpc) is 2.93. The second-order valence-corrected chi connectivity index (χ2v) is 7.34. The highest BCUT2D eigenvalue weighted by Gasteiger charge is 2.78. The van der Waals surface area contributed by atoms with E-state index in [1.54, 1.807) is 0 Å². The summed E-state index contributed by atoms with van der Waals surface area (Å²) < 4.78 is 21.8. The summed E-state index contributed by atoms with van der Waals surface area (Å²) in [5.74, 6) is -2.94. The van der Waals surface area contributed by atoms with Crippen molar-refractivity contribution in [3.8, 4) is 0 Å². The van der Waals surface area contributed by atoms with Crippen LogP contribution in [0.2, 0.25) is 0 Å². The fourth-order valence-corrected chi connectivity index (χ4v) is 3.81. The molecule has 150 valence electrons. The van der Waals surface area contributed by atoms with Crippen molar-refractivity contribution < 1.29 is 43.4 Å². The lowest BCUT2D eigenvalue weighted by molar-refractivity contribution is -0.132. The Morgan fingerprint density at radius 2 is 1.89 bits per heavy atom. The van der Waals surface area contributed by atoms with Gasteiger partial charge >= 0.3 is 7.82 Å². The minimum atomic E-state index is -5.34. The van der Waals surface area contributed by atoms with Crippen LogP contribution in [-0.2, 0) is 23.4 Å². The predicted octanol–water partition coefficient (Wildman–Crippen LogP) is -3.68. The monoisotopic (exact) mass is 417 g/mol. The van der Waals surface area contributed by atoms with Crippen molar-refractivity contribution in [3.05, 3.63) is 16.7 Å². The van der Waals surface area contributed by atoms with Crippen molar-refractivity contribution >= 4 is 36.5 Å². The number of phosphoric acid groups is 1. The predicted molar refractivity (Wildman–Crippen MR) is 84.4 cm³/mol. The molecule has 16 heteroatoms. The number of aliphatic hydroxyl groups is 2. The number of rotatable bonds is 4. The number of hydrogen-bond donors (Lipinski definition) is 6. The normalized spacial score (nSPS) is 29.6. The van der Waals surface area contributed by atoms with Crippen molar-refractivity contribution in [3.63, 3.8) is 0 Å². The van der Waals surface area contributed by atoms with Crippen molar-refractivity contribution in [2.45, 2.75) is 30.1 Å². The number of ketones is 2. The van der Waals surface area contributed by atoms with Crippen molar-refractivity contribution in [2.75, 3.05) is 5.73 Å². The molecule has 0 unspecified atom stereocenters. The van der Waals surface area contributed by atoms with E-state index in [-0.39, 0.29) is 17.1 Å². The van der Waals surface area contributed by atoms with Gasteiger partial charge in [-0.05, 0) is 0 Å². The van der Waals surface area contributed by atoms with Gasteiger partial charge in [0.05, 0.1) is 6.33 Å². The third-order valence-corrected chi connectivity index (χ3v) is 4.97. The van der Waals surface area contributed by atoms with Gasteiger partial charge in [-0.3, -0.25) is 28.5 Å². The molecule has 0 aromatic carbocycles. The molecule has 4 atom stereocenters. The highest BCUT2D eigenvalue weighted by atomic mass is 31.2. The number of Topliss-reactive ketones (excluding diaryl/α,β-unsaturated/α-hetero) is 2. The fraction of sp³-hybridized carbons (Fsp3) is 0.417. The Morgan fingerprint density at radius 3 is 2.46 bits per heavy atom. The lowest BCUT2D eigenvalue weighted by Crippen LogP contribution is -2.44. The molecule has 0 bridgehead atoms. The van der Waals surface area contributed by atoms with Crippen molar-refractivity contribution in [2.24, 2.45) is 0 Å². The van der Waals surface area contributed by atoms with Gasteiger partial charge in [-0.15, -0.1) is 0 Å². The number of anilines is 1. The van der Waals surface area contributed by atoms with Gasteiger partial charge in [0, 0.05) is 0 Å². The van der Waals surface area contributed by atoms with E-state index in [0.29, 0.717) is 0 Å². The van der Waals surface area contributed by atoms with Gasteiger partial charge in [0.1, 0.15) is 18.3 Å². The van der Waals surface area contributed by atoms with Crippen LogP contribution < -0.4 is 11.3 Å². The minimum absolute atomic E-state index is 0.142. The summed E-state index contributed by atoms with van der Waals surface area (Å²) in [7, 11) is -5.34. The standard InChI is InChI=1S/C12H12N5O10P/c13-11-15-8-2(9(22)16-11)14-1-17(8)10-4(19)3(18)7(26-10)12(5(20)6(12)21)27-28(23,24)25/h1,3-4,7,10,18-19H,(H2,23,24,25)(H3,13,15,16,22)/t3-,4+,7-,10+/m0/s1. The Morgan fingerprint density at radius 1 is 1.25 bits per heavy atom. The highest BCUT2D eigenvalue weighted by molar-refractivity contribution is 7.46. The molecule has 1 aliphatic carbocycles. The molecule has 28 heavy (non-hydrogen) atoms. The number of phosphoric ester groups is 1. The molecule has 0 spiro atoms. The molecule has 4 rings (SSSR count). The molecule has 1 saturated carbocycles. The maximum atomic E-state index is 11.8. The van der Waals surface area contributed by atoms with Crippen LogP contribution in [0.15, 0.2) is 11.1 Å². The number of hydrogen-bond acceptors (Lipinski definition) is 11. The summed E-state index contributed by atoms with van der Waals surface area (Å²) in [6, 6.07) is 0. The van der Waals surface area contributed by atoms with Gasteiger partial charge in [0.15, 0.2) is 17.4 Å². The van der Waals surface area contributed by atoms with Crippen LogP contribution >= 0.6 is 7.82 Å². The summed E-state index contributed by atoms with van der Waals surface area (Å²) in [6.07, 6.45) is -6.19. The van der Waals surface area contributed by atoms with Gasteiger partial charge in [-0.1, -0.05) is 0 Å². The van der Waals surface area contributed by atoms with Crippen LogP contribution in [0.4, 0.5) is 5.95 Å². The molecule has 2 aromatic rings. The Hall–Kier alpha value is -2.52. The lowest BCUT2D eigenvalue weighted by Gasteiger charge is -2.22. The highest BCUT2D eigenvalue weighted by Crippen LogP contribution is 2.53. The van der Waals surface area contributed by atoms with Crippen LogP contribution in [0.5, 0.6) is 0 Å². The Bertz CT molecular complexity index is 1110. The molecule has 15 nitrogen and oxygen atoms in total. The Kier molecular flexibility index (Phi) is 3.86. The molecule has 7 N–H and O–H groups in total. The molecule has 1 saturated heterocycles. The summed E-state index contributed by atoms with van der Waals surface area (Å²) in [5.41, 5.74) is 1.70. The van der Waals surface area contributed by atoms with E-state index in [1.165, 1.54) is 0 Å². The summed E-state index contributed by atoms with van der Waals surface area (Å²) in [6.45, 7) is 0. The third-order valence-electron chi connectivity index (χ3n) is 4.45. The number of carbonyl (C=O) groups excluding carboxylic acids is 2. The first-order valence-corrected chi connectivity index (χ1v) is 9.10. The van der Waals surface area contributed by atoms with Gasteiger partial charge in [-0.2, -0.15) is 4.98 Å². The van der Waals surface area contributed by atoms with Crippen LogP contribution in [0.25, 0.3) is 11.2 Å². The number of nitrogens with zero attached hydrogens (tertiary/aromatic N) is 3. The lowest BCUT2D eigenvalue weighted by atomic mass is 10.0. The zero-order chi connectivity index (χ0) is 20.6. The minimum Gasteiger partial charge on any atom is -0.387 e. The van der Waals surface area contributed by atoms with Gasteiger partial charge in [0.25, 0.3) is 5.56 Å². The molecule has 3 heterocycles. The molecule has 2 aromatic heterocycles. The summed E-state index contributed by atoms with van der Waals surface area (Å²) in [5, 5.41) is 20.6. The molecule has 2 fully saturated rings. The number of aromatic nitrogens is 4. The molecule has 0 amide bonds. The number of nitrogens with one attached hydrogen (secondary N) is 1. The number of aromatic amines is 1. The summed E-state index contributed by atoms with van der Waals surface area (Å²) >= 11 is 0. The average molecular weight is 417 g/mol. The van der Waals surface area contributed by atoms with Gasteiger partial charge < -0.3 is 30.5 Å². The van der Waals surface area contributed by atoms with Crippen LogP contribution in [-0.4, -0.2) is 75.0 Å². The molecule has 0 radical (unpaired) electrons. The Balaban J connectivity index is 1.75. The van der Waals surface area contributed by atoms with Crippen molar-refractivity contribution in [1.29, 1.82) is 0 Å². The van der Waals surface area contributed by atoms with E-state index in [1.807, 2.05) is 0 Å². The van der Waals surface area contributed by atoms with E-state index in [9.17, 15) is 29.2 Å². The van der Waals surface area contributed by atoms with E-state index in [4.69, 9.17) is 20.3 Å². The summed E-state index contributed by atoms with van der Waals surface area (Å²) in [4.78, 5) is 63.2. The van der Waals surface area contributed by atoms with Gasteiger partial charge in [-0.25, -0.2) is 9.55 Å². The number of aliphatic hydroxyl groups excluding tert-OH is 2. The van der Waals surface area contributed by atoms with E-state index >= 15 is 0 Å². The molecular weight excluding hydrogens is 405 g/mol. The SMILES string of the molecule is Nc1nc2c(ncn2[C@@H]2O[C@H](C3(OP(=O)(O)O)C(=O)C3=O)[C@@H](O)[C@H]2O)c(=O)[nH]1. The van der Waals surface area contributed by atoms with Gasteiger partial charge in [0.2, 0.25) is 23.1 Å². The van der Waals surface area contributed by atoms with E-state index in [2.05, 4.69) is 19.5 Å². The van der Waals surface area contributed by atoms with Crippen LogP contribution in [0.1, 0.15) is 6.23 Å². The maximum absolute atomic E-state index is 11.8. The number of ether oxygens (including phenoxy) is 1. The largest absolute Gasteiger partial charge is 0.471 e. The molecular formula is C12H12N5O10P. The van der Waals surface area contributed by atoms with E-state index < -0.39 is 55.1 Å². The number of H-pyrrole nitrogens is 1. The fourth-order valence-electron chi connectivity index (χ4n) is 3.17. The zero-order valence-corrected chi connectivity index (χ0v) is 14.4. The second-order valence-electron chi connectivity index (χ2n) is 6.18. The quantitative estimate of drug-likeness (QED) is 0.160. The number of nitrogen functional groups attached to an aromatic ring is 1. The molecule has 1 aliphatic heterocycles. The second kappa shape index (κ2) is 5.74. The Labute approximate surface area is 153 Å². The molecule has 2 aliphatic rings. The topological polar surface area (TPSA) is 240 Å². The number of imidazole rings is 1. The first kappa shape index (κ1) is 18.8. The number of nitrogens with two attached hydrogens (primary N) is 1. The van der Waals surface area contributed by atoms with Crippen molar-refractivity contribution in [1.82, 2.24) is 19.5 Å². The number of carbonyl (C=O) groups is 2. The first-order chi connectivity index (χ1) is 13.0. The first-order valence-electron chi connectivity index (χ1n) is 7.57. The third kappa shape index (κ3) is 2.53. The van der Waals surface area contributed by atoms with Crippen LogP contribution in [0.3, 0.4) is 0 Å². The zero-order valence-electron chi connectivity index (χ0n) is 13.5. The van der Waals surface area contributed by atoms with Crippen LogP contribution in [0, 0.1) is 0 Å².